The summed E-state index contributed by atoms with van der Waals surface area (Å²) in [4.78, 5) is 13.6. The highest BCUT2D eigenvalue weighted by molar-refractivity contribution is 5.70. The van der Waals surface area contributed by atoms with Gasteiger partial charge in [0.15, 0.2) is 5.82 Å². The van der Waals surface area contributed by atoms with E-state index in [1.165, 1.54) is 0 Å². The minimum Gasteiger partial charge on any atom is -0.444 e. The average Bonchev–Trinajstić information content (AvgIpc) is 2.77. The van der Waals surface area contributed by atoms with Crippen LogP contribution in [0.25, 0.3) is 0 Å². The van der Waals surface area contributed by atoms with Gasteiger partial charge in [0.05, 0.1) is 18.8 Å². The number of amides is 1. The van der Waals surface area contributed by atoms with E-state index < -0.39 is 5.60 Å². The Labute approximate surface area is 107 Å². The van der Waals surface area contributed by atoms with Gasteiger partial charge in [-0.25, -0.2) is 4.79 Å². The third kappa shape index (κ3) is 2.27. The van der Waals surface area contributed by atoms with E-state index >= 15 is 0 Å². The van der Waals surface area contributed by atoms with Crippen molar-refractivity contribution in [2.24, 2.45) is 0 Å². The van der Waals surface area contributed by atoms with E-state index in [0.717, 1.165) is 17.8 Å². The second kappa shape index (κ2) is 4.19. The summed E-state index contributed by atoms with van der Waals surface area (Å²) in [5.74, 6) is 0.512. The molecular weight excluding hydrogens is 232 g/mol. The summed E-state index contributed by atoms with van der Waals surface area (Å²) in [5, 5.41) is 4.23. The van der Waals surface area contributed by atoms with Crippen LogP contribution in [0.3, 0.4) is 0 Å². The number of hydrogen-bond acceptors (Lipinski definition) is 4. The van der Waals surface area contributed by atoms with Crippen LogP contribution in [0.1, 0.15) is 39.0 Å². The number of nitrogens with zero attached hydrogens (tertiary/aromatic N) is 3. The van der Waals surface area contributed by atoms with Gasteiger partial charge in [0.2, 0.25) is 0 Å². The molecule has 6 heteroatoms. The van der Waals surface area contributed by atoms with Gasteiger partial charge in [-0.3, -0.25) is 9.58 Å². The third-order valence-electron chi connectivity index (χ3n) is 2.84. The maximum atomic E-state index is 12.0. The van der Waals surface area contributed by atoms with Crippen LogP contribution in [0.4, 0.5) is 10.6 Å². The molecule has 18 heavy (non-hydrogen) atoms. The molecule has 1 aromatic rings. The number of fused-ring (bicyclic) bond motifs is 1. The summed E-state index contributed by atoms with van der Waals surface area (Å²) in [6, 6.07) is 0. The Morgan fingerprint density at radius 2 is 2.11 bits per heavy atom. The number of hydrogen-bond donors (Lipinski definition) is 1. The molecule has 0 atom stereocenters. The number of ether oxygens (including phenoxy) is 1. The number of nitrogens with two attached hydrogens (primary N) is 1. The number of carbonyl (C=O) groups is 1. The maximum Gasteiger partial charge on any atom is 0.410 e. The number of anilines is 1. The van der Waals surface area contributed by atoms with Gasteiger partial charge in [0.1, 0.15) is 5.60 Å². The maximum absolute atomic E-state index is 12.0. The molecule has 0 spiro atoms. The van der Waals surface area contributed by atoms with Crippen LogP contribution in [0.5, 0.6) is 0 Å². The molecule has 100 valence electrons. The molecule has 0 bridgehead atoms. The lowest BCUT2D eigenvalue weighted by Gasteiger charge is -2.24. The van der Waals surface area contributed by atoms with Gasteiger partial charge in [-0.05, 0) is 27.7 Å². The molecule has 2 heterocycles. The van der Waals surface area contributed by atoms with Crippen molar-refractivity contribution < 1.29 is 9.53 Å². The molecule has 0 radical (unpaired) electrons. The average molecular weight is 252 g/mol. The monoisotopic (exact) mass is 252 g/mol. The SMILES string of the molecule is CCn1nc(N)c2c1CN(C(=O)OC(C)(C)C)C2. The van der Waals surface area contributed by atoms with Crippen molar-refractivity contribution in [3.8, 4) is 0 Å². The van der Waals surface area contributed by atoms with Gasteiger partial charge in [-0.1, -0.05) is 0 Å². The van der Waals surface area contributed by atoms with Gasteiger partial charge in [0.25, 0.3) is 0 Å². The second-order valence-corrected chi connectivity index (χ2v) is 5.46. The van der Waals surface area contributed by atoms with E-state index in [1.54, 1.807) is 4.90 Å². The van der Waals surface area contributed by atoms with Crippen LogP contribution >= 0.6 is 0 Å². The molecule has 1 aliphatic heterocycles. The Morgan fingerprint density at radius 1 is 1.44 bits per heavy atom. The Balaban J connectivity index is 2.13. The fraction of sp³-hybridized carbons (Fsp3) is 0.667. The first-order valence-electron chi connectivity index (χ1n) is 6.13. The van der Waals surface area contributed by atoms with Gasteiger partial charge >= 0.3 is 6.09 Å². The first kappa shape index (κ1) is 12.7. The number of nitrogen functional groups attached to an aromatic ring is 1. The summed E-state index contributed by atoms with van der Waals surface area (Å²) in [6.45, 7) is 9.33. The lowest BCUT2D eigenvalue weighted by Crippen LogP contribution is -2.33. The van der Waals surface area contributed by atoms with Crippen molar-refractivity contribution >= 4 is 11.9 Å². The van der Waals surface area contributed by atoms with E-state index in [4.69, 9.17) is 10.5 Å². The van der Waals surface area contributed by atoms with Crippen molar-refractivity contribution in [3.05, 3.63) is 11.3 Å². The lowest BCUT2D eigenvalue weighted by atomic mass is 10.2. The molecule has 0 saturated heterocycles. The van der Waals surface area contributed by atoms with Gasteiger partial charge in [-0.15, -0.1) is 0 Å². The van der Waals surface area contributed by atoms with Crippen LogP contribution in [-0.4, -0.2) is 26.4 Å². The van der Waals surface area contributed by atoms with Crippen LogP contribution in [0, 0.1) is 0 Å². The third-order valence-corrected chi connectivity index (χ3v) is 2.84. The highest BCUT2D eigenvalue weighted by atomic mass is 16.6. The number of carbonyl (C=O) groups excluding carboxylic acids is 1. The van der Waals surface area contributed by atoms with E-state index in [9.17, 15) is 4.79 Å². The first-order valence-corrected chi connectivity index (χ1v) is 6.13. The van der Waals surface area contributed by atoms with E-state index in [-0.39, 0.29) is 6.09 Å². The number of rotatable bonds is 1. The van der Waals surface area contributed by atoms with Crippen molar-refractivity contribution in [2.75, 3.05) is 5.73 Å². The van der Waals surface area contributed by atoms with E-state index in [0.29, 0.717) is 18.9 Å². The Bertz CT molecular complexity index is 473. The zero-order valence-corrected chi connectivity index (χ0v) is 11.4. The Kier molecular flexibility index (Phi) is 2.96. The number of aromatic nitrogens is 2. The molecule has 0 aromatic carbocycles. The predicted octanol–water partition coefficient (Wildman–Crippen LogP) is 1.74. The molecule has 1 aromatic heterocycles. The molecule has 6 nitrogen and oxygen atoms in total. The summed E-state index contributed by atoms with van der Waals surface area (Å²) < 4.78 is 7.19. The van der Waals surface area contributed by atoms with Crippen molar-refractivity contribution in [2.45, 2.75) is 52.9 Å². The number of aryl methyl sites for hydroxylation is 1. The quantitative estimate of drug-likeness (QED) is 0.826. The molecule has 0 fully saturated rings. The second-order valence-electron chi connectivity index (χ2n) is 5.46. The van der Waals surface area contributed by atoms with Gasteiger partial charge < -0.3 is 10.5 Å². The summed E-state index contributed by atoms with van der Waals surface area (Å²) in [5.41, 5.74) is 7.33. The van der Waals surface area contributed by atoms with Crippen molar-refractivity contribution in [1.82, 2.24) is 14.7 Å². The van der Waals surface area contributed by atoms with Crippen LogP contribution in [0.2, 0.25) is 0 Å². The molecule has 2 N–H and O–H groups in total. The van der Waals surface area contributed by atoms with Crippen molar-refractivity contribution in [3.63, 3.8) is 0 Å². The normalized spacial score (nSPS) is 14.8. The Hall–Kier alpha value is -1.72. The molecule has 1 amide bonds. The molecule has 2 rings (SSSR count). The highest BCUT2D eigenvalue weighted by Crippen LogP contribution is 2.28. The minimum absolute atomic E-state index is 0.305. The largest absolute Gasteiger partial charge is 0.444 e. The zero-order valence-electron chi connectivity index (χ0n) is 11.4. The van der Waals surface area contributed by atoms with Crippen LogP contribution < -0.4 is 5.73 Å². The summed E-state index contributed by atoms with van der Waals surface area (Å²) in [6.07, 6.45) is -0.305. The molecular formula is C12H20N4O2. The molecule has 0 unspecified atom stereocenters. The molecule has 1 aliphatic rings. The van der Waals surface area contributed by atoms with Crippen LogP contribution in [-0.2, 0) is 24.4 Å². The minimum atomic E-state index is -0.478. The van der Waals surface area contributed by atoms with E-state index in [2.05, 4.69) is 5.10 Å². The standard InChI is InChI=1S/C12H20N4O2/c1-5-16-9-7-15(6-8(9)10(13)14-16)11(17)18-12(2,3)4/h5-7H2,1-4H3,(H2,13,14). The fourth-order valence-electron chi connectivity index (χ4n) is 2.05. The first-order chi connectivity index (χ1) is 8.31. The van der Waals surface area contributed by atoms with Gasteiger partial charge in [0, 0.05) is 12.1 Å². The molecule has 0 aliphatic carbocycles. The van der Waals surface area contributed by atoms with Crippen LogP contribution in [0.15, 0.2) is 0 Å². The zero-order chi connectivity index (χ0) is 13.5. The fourth-order valence-corrected chi connectivity index (χ4v) is 2.05. The topological polar surface area (TPSA) is 73.4 Å². The highest BCUT2D eigenvalue weighted by Gasteiger charge is 2.32. The smallest absolute Gasteiger partial charge is 0.410 e. The van der Waals surface area contributed by atoms with Crippen molar-refractivity contribution in [1.29, 1.82) is 0 Å². The lowest BCUT2D eigenvalue weighted by molar-refractivity contribution is 0.0238. The summed E-state index contributed by atoms with van der Waals surface area (Å²) >= 11 is 0. The molecule has 0 saturated carbocycles. The van der Waals surface area contributed by atoms with Gasteiger partial charge in [-0.2, -0.15) is 5.10 Å². The summed E-state index contributed by atoms with van der Waals surface area (Å²) in [7, 11) is 0. The van der Waals surface area contributed by atoms with E-state index in [1.807, 2.05) is 32.4 Å². The Morgan fingerprint density at radius 3 is 2.67 bits per heavy atom. The predicted molar refractivity (Wildman–Crippen MR) is 67.8 cm³/mol.